The van der Waals surface area contributed by atoms with Crippen LogP contribution in [-0.2, 0) is 11.3 Å². The van der Waals surface area contributed by atoms with Gasteiger partial charge in [-0.2, -0.15) is 0 Å². The van der Waals surface area contributed by atoms with Gasteiger partial charge in [-0.1, -0.05) is 11.6 Å². The highest BCUT2D eigenvalue weighted by molar-refractivity contribution is 6.29. The zero-order valence-electron chi connectivity index (χ0n) is 8.67. The molecule has 0 aliphatic heterocycles. The number of furan rings is 1. The number of hydrogen-bond acceptors (Lipinski definition) is 2. The quantitative estimate of drug-likeness (QED) is 0.749. The zero-order valence-corrected chi connectivity index (χ0v) is 9.42. The summed E-state index contributed by atoms with van der Waals surface area (Å²) >= 11 is 5.09. The monoisotopic (exact) mass is 233 g/mol. The first-order valence-corrected chi connectivity index (χ1v) is 5.09. The van der Waals surface area contributed by atoms with Crippen molar-refractivity contribution < 1.29 is 13.6 Å². The largest absolute Gasteiger partial charge is 0.467 e. The molecule has 0 N–H and O–H groups in total. The van der Waals surface area contributed by atoms with Crippen molar-refractivity contribution in [1.82, 2.24) is 4.90 Å². The number of amides is 1. The van der Waals surface area contributed by atoms with Gasteiger partial charge in [-0.3, -0.25) is 4.79 Å². The van der Waals surface area contributed by atoms with E-state index in [1.54, 1.807) is 13.0 Å². The highest BCUT2D eigenvalue weighted by Crippen LogP contribution is 2.14. The van der Waals surface area contributed by atoms with Crippen molar-refractivity contribution >= 4 is 17.5 Å². The third kappa shape index (κ3) is 2.96. The first kappa shape index (κ1) is 12.0. The lowest BCUT2D eigenvalue weighted by atomic mass is 10.2. The molecular formula is C10H13ClFNO2. The van der Waals surface area contributed by atoms with Crippen LogP contribution in [0.2, 0.25) is 0 Å². The predicted octanol–water partition coefficient (Wildman–Crippen LogP) is 2.47. The Kier molecular flexibility index (Phi) is 4.15. The molecule has 0 aromatic carbocycles. The van der Waals surface area contributed by atoms with Gasteiger partial charge in [0.05, 0.1) is 12.8 Å². The first-order chi connectivity index (χ1) is 7.06. The van der Waals surface area contributed by atoms with Crippen LogP contribution in [0.25, 0.3) is 0 Å². The first-order valence-electron chi connectivity index (χ1n) is 4.66. The molecule has 84 valence electrons. The van der Waals surface area contributed by atoms with Gasteiger partial charge in [-0.25, -0.2) is 4.39 Å². The van der Waals surface area contributed by atoms with Crippen LogP contribution in [0, 0.1) is 6.92 Å². The molecule has 0 aliphatic carbocycles. The molecule has 0 bridgehead atoms. The zero-order chi connectivity index (χ0) is 11.4. The van der Waals surface area contributed by atoms with E-state index in [0.29, 0.717) is 12.3 Å². The molecule has 1 heterocycles. The lowest BCUT2D eigenvalue weighted by Gasteiger charge is -2.19. The molecule has 1 aromatic heterocycles. The van der Waals surface area contributed by atoms with Crippen molar-refractivity contribution in [3.63, 3.8) is 0 Å². The van der Waals surface area contributed by atoms with Crippen LogP contribution in [-0.4, -0.2) is 23.0 Å². The van der Waals surface area contributed by atoms with E-state index < -0.39 is 11.5 Å². The number of alkyl halides is 2. The van der Waals surface area contributed by atoms with Crippen molar-refractivity contribution in [2.24, 2.45) is 0 Å². The Hall–Kier alpha value is -1.03. The molecule has 1 unspecified atom stereocenters. The minimum atomic E-state index is -1.99. The number of aryl methyl sites for hydroxylation is 1. The van der Waals surface area contributed by atoms with E-state index in [1.807, 2.05) is 6.92 Å². The molecule has 0 fully saturated rings. The Morgan fingerprint density at radius 1 is 1.73 bits per heavy atom. The van der Waals surface area contributed by atoms with E-state index in [1.165, 1.54) is 11.2 Å². The summed E-state index contributed by atoms with van der Waals surface area (Å²) in [6.07, 6.45) is 1.54. The summed E-state index contributed by atoms with van der Waals surface area (Å²) in [5, 5.41) is 0. The van der Waals surface area contributed by atoms with E-state index in [2.05, 4.69) is 0 Å². The smallest absolute Gasteiger partial charge is 0.273 e. The minimum Gasteiger partial charge on any atom is -0.467 e. The van der Waals surface area contributed by atoms with Crippen LogP contribution in [0.4, 0.5) is 4.39 Å². The highest BCUT2D eigenvalue weighted by Gasteiger charge is 2.21. The second-order valence-corrected chi connectivity index (χ2v) is 3.56. The molecule has 5 heteroatoms. The molecule has 0 saturated heterocycles. The van der Waals surface area contributed by atoms with Gasteiger partial charge < -0.3 is 9.32 Å². The van der Waals surface area contributed by atoms with E-state index in [9.17, 15) is 9.18 Å². The summed E-state index contributed by atoms with van der Waals surface area (Å²) in [5.74, 6) is -0.0718. The standard InChI is InChI=1S/C10H13ClFNO2/c1-3-13(10(14)9(11)12)6-8-7(2)4-5-15-8/h4-5,9H,3,6H2,1-2H3. The molecular weight excluding hydrogens is 221 g/mol. The van der Waals surface area contributed by atoms with Gasteiger partial charge in [-0.05, 0) is 25.5 Å². The van der Waals surface area contributed by atoms with Crippen LogP contribution < -0.4 is 0 Å². The van der Waals surface area contributed by atoms with Crippen molar-refractivity contribution in [3.8, 4) is 0 Å². The molecule has 1 rings (SSSR count). The van der Waals surface area contributed by atoms with Gasteiger partial charge in [0.25, 0.3) is 11.5 Å². The Morgan fingerprint density at radius 2 is 2.40 bits per heavy atom. The maximum Gasteiger partial charge on any atom is 0.273 e. The average Bonchev–Trinajstić information content (AvgIpc) is 2.59. The Bertz CT molecular complexity index is 338. The van der Waals surface area contributed by atoms with Crippen molar-refractivity contribution in [2.45, 2.75) is 26.0 Å². The lowest BCUT2D eigenvalue weighted by Crippen LogP contribution is -2.34. The number of hydrogen-bond donors (Lipinski definition) is 0. The average molecular weight is 234 g/mol. The molecule has 15 heavy (non-hydrogen) atoms. The van der Waals surface area contributed by atoms with Gasteiger partial charge in [-0.15, -0.1) is 0 Å². The van der Waals surface area contributed by atoms with E-state index in [-0.39, 0.29) is 6.54 Å². The number of carbonyl (C=O) groups excluding carboxylic acids is 1. The second-order valence-electron chi connectivity index (χ2n) is 3.18. The molecule has 0 spiro atoms. The molecule has 1 amide bonds. The third-order valence-electron chi connectivity index (χ3n) is 2.18. The fraction of sp³-hybridized carbons (Fsp3) is 0.500. The Balaban J connectivity index is 2.70. The molecule has 0 saturated carbocycles. The summed E-state index contributed by atoms with van der Waals surface area (Å²) in [6, 6.07) is 1.79. The van der Waals surface area contributed by atoms with Crippen LogP contribution in [0.15, 0.2) is 16.7 Å². The number of carbonyl (C=O) groups is 1. The maximum atomic E-state index is 12.6. The van der Waals surface area contributed by atoms with Gasteiger partial charge in [0.2, 0.25) is 0 Å². The highest BCUT2D eigenvalue weighted by atomic mass is 35.5. The SMILES string of the molecule is CCN(Cc1occc1C)C(=O)C(F)Cl. The fourth-order valence-corrected chi connectivity index (χ4v) is 1.36. The molecule has 1 atom stereocenters. The number of halogens is 2. The van der Waals surface area contributed by atoms with Crippen molar-refractivity contribution in [3.05, 3.63) is 23.7 Å². The van der Waals surface area contributed by atoms with Crippen molar-refractivity contribution in [1.29, 1.82) is 0 Å². The van der Waals surface area contributed by atoms with Crippen LogP contribution >= 0.6 is 11.6 Å². The molecule has 3 nitrogen and oxygen atoms in total. The minimum absolute atomic E-state index is 0.251. The van der Waals surface area contributed by atoms with Crippen LogP contribution in [0.5, 0.6) is 0 Å². The van der Waals surface area contributed by atoms with Gasteiger partial charge >= 0.3 is 0 Å². The Morgan fingerprint density at radius 3 is 2.80 bits per heavy atom. The third-order valence-corrected chi connectivity index (χ3v) is 2.37. The van der Waals surface area contributed by atoms with Gasteiger partial charge in [0, 0.05) is 6.54 Å². The van der Waals surface area contributed by atoms with Gasteiger partial charge in [0.15, 0.2) is 0 Å². The summed E-state index contributed by atoms with van der Waals surface area (Å²) in [5.41, 5.74) is -1.05. The maximum absolute atomic E-state index is 12.6. The van der Waals surface area contributed by atoms with E-state index in [0.717, 1.165) is 5.56 Å². The second kappa shape index (κ2) is 5.16. The summed E-state index contributed by atoms with van der Waals surface area (Å²) in [4.78, 5) is 12.6. The fourth-order valence-electron chi connectivity index (χ4n) is 1.22. The van der Waals surface area contributed by atoms with Crippen LogP contribution in [0.3, 0.4) is 0 Å². The number of nitrogens with zero attached hydrogens (tertiary/aromatic N) is 1. The summed E-state index contributed by atoms with van der Waals surface area (Å²) < 4.78 is 17.8. The van der Waals surface area contributed by atoms with E-state index in [4.69, 9.17) is 16.0 Å². The van der Waals surface area contributed by atoms with Gasteiger partial charge in [0.1, 0.15) is 5.76 Å². The van der Waals surface area contributed by atoms with E-state index >= 15 is 0 Å². The normalized spacial score (nSPS) is 12.5. The molecule has 0 radical (unpaired) electrons. The topological polar surface area (TPSA) is 33.5 Å². The lowest BCUT2D eigenvalue weighted by molar-refractivity contribution is -0.134. The molecule has 0 aliphatic rings. The summed E-state index contributed by atoms with van der Waals surface area (Å²) in [6.45, 7) is 4.27. The number of rotatable bonds is 4. The summed E-state index contributed by atoms with van der Waals surface area (Å²) in [7, 11) is 0. The van der Waals surface area contributed by atoms with Crippen LogP contribution in [0.1, 0.15) is 18.2 Å². The predicted molar refractivity (Wildman–Crippen MR) is 55.3 cm³/mol. The van der Waals surface area contributed by atoms with Crippen molar-refractivity contribution in [2.75, 3.05) is 6.54 Å². The Labute approximate surface area is 92.8 Å². The molecule has 1 aromatic rings.